The number of hydrogen-bond donors (Lipinski definition) is 1. The van der Waals surface area contributed by atoms with Crippen LogP contribution in [0.5, 0.6) is 5.75 Å². The summed E-state index contributed by atoms with van der Waals surface area (Å²) in [6.45, 7) is 5.64. The van der Waals surface area contributed by atoms with Gasteiger partial charge in [0, 0.05) is 6.07 Å². The van der Waals surface area contributed by atoms with Crippen molar-refractivity contribution in [3.63, 3.8) is 0 Å². The maximum Gasteiger partial charge on any atom is 0.263 e. The predicted octanol–water partition coefficient (Wildman–Crippen LogP) is 2.92. The molecule has 0 aliphatic rings. The molecule has 0 bridgehead atoms. The van der Waals surface area contributed by atoms with Crippen molar-refractivity contribution < 1.29 is 17.7 Å². The molecule has 1 N–H and O–H groups in total. The van der Waals surface area contributed by atoms with Crippen LogP contribution in [0.2, 0.25) is 0 Å². The molecule has 2 rings (SSSR count). The van der Waals surface area contributed by atoms with Gasteiger partial charge in [-0.1, -0.05) is 19.0 Å². The summed E-state index contributed by atoms with van der Waals surface area (Å²) < 4.78 is 37.2. The topological polar surface area (TPSA) is 81.4 Å². The number of methoxy groups -OCH3 is 1. The molecule has 1 aromatic carbocycles. The van der Waals surface area contributed by atoms with Crippen LogP contribution in [0, 0.1) is 6.92 Å². The zero-order valence-electron chi connectivity index (χ0n) is 12.4. The van der Waals surface area contributed by atoms with Gasteiger partial charge < -0.3 is 9.26 Å². The van der Waals surface area contributed by atoms with Crippen LogP contribution in [0.15, 0.2) is 33.7 Å². The monoisotopic (exact) mass is 310 g/mol. The second-order valence-corrected chi connectivity index (χ2v) is 6.67. The Morgan fingerprint density at radius 1 is 1.29 bits per heavy atom. The van der Waals surface area contributed by atoms with Crippen molar-refractivity contribution in [3.05, 3.63) is 35.6 Å². The number of aryl methyl sites for hydroxylation is 1. The fourth-order valence-corrected chi connectivity index (χ4v) is 2.96. The second-order valence-electron chi connectivity index (χ2n) is 4.99. The normalized spacial score (nSPS) is 11.7. The summed E-state index contributed by atoms with van der Waals surface area (Å²) in [4.78, 5) is 0.160. The van der Waals surface area contributed by atoms with E-state index in [4.69, 9.17) is 9.26 Å². The zero-order valence-corrected chi connectivity index (χ0v) is 13.2. The first-order chi connectivity index (χ1) is 9.83. The van der Waals surface area contributed by atoms with Crippen LogP contribution in [-0.4, -0.2) is 20.7 Å². The van der Waals surface area contributed by atoms with E-state index in [0.29, 0.717) is 11.5 Å². The van der Waals surface area contributed by atoms with E-state index in [2.05, 4.69) is 9.88 Å². The molecule has 0 saturated heterocycles. The third-order valence-electron chi connectivity index (χ3n) is 3.00. The van der Waals surface area contributed by atoms with Crippen LogP contribution in [0.3, 0.4) is 0 Å². The van der Waals surface area contributed by atoms with Crippen molar-refractivity contribution in [3.8, 4) is 5.75 Å². The maximum atomic E-state index is 12.4. The molecule has 0 fully saturated rings. The smallest absolute Gasteiger partial charge is 0.263 e. The average molecular weight is 310 g/mol. The SMILES string of the molecule is COc1ccc(S(=O)(=O)Nc2cc(C)on2)cc1C(C)C. The first kappa shape index (κ1) is 15.4. The van der Waals surface area contributed by atoms with Crippen LogP contribution < -0.4 is 9.46 Å². The van der Waals surface area contributed by atoms with Gasteiger partial charge in [0.1, 0.15) is 11.5 Å². The lowest BCUT2D eigenvalue weighted by Gasteiger charge is -2.13. The average Bonchev–Trinajstić information content (AvgIpc) is 2.82. The number of ether oxygens (including phenoxy) is 1. The minimum atomic E-state index is -3.71. The van der Waals surface area contributed by atoms with Crippen LogP contribution in [0.25, 0.3) is 0 Å². The first-order valence-corrected chi connectivity index (χ1v) is 7.96. The Bertz CT molecular complexity index is 735. The Balaban J connectivity index is 2.38. The molecule has 2 aromatic rings. The molecule has 0 radical (unpaired) electrons. The molecule has 114 valence electrons. The summed E-state index contributed by atoms with van der Waals surface area (Å²) in [5.74, 6) is 1.50. The quantitative estimate of drug-likeness (QED) is 0.918. The summed E-state index contributed by atoms with van der Waals surface area (Å²) in [6.07, 6.45) is 0. The third kappa shape index (κ3) is 3.36. The Hall–Kier alpha value is -2.02. The molecule has 0 aliphatic heterocycles. The number of nitrogens with one attached hydrogen (secondary N) is 1. The zero-order chi connectivity index (χ0) is 15.6. The van der Waals surface area contributed by atoms with Crippen molar-refractivity contribution in [1.29, 1.82) is 0 Å². The number of anilines is 1. The molecule has 1 heterocycles. The lowest BCUT2D eigenvalue weighted by Crippen LogP contribution is -2.13. The summed E-state index contributed by atoms with van der Waals surface area (Å²) in [5, 5.41) is 3.63. The van der Waals surface area contributed by atoms with Crippen LogP contribution in [0.1, 0.15) is 31.1 Å². The van der Waals surface area contributed by atoms with Gasteiger partial charge in [-0.2, -0.15) is 0 Å². The summed E-state index contributed by atoms with van der Waals surface area (Å²) in [5.41, 5.74) is 0.830. The van der Waals surface area contributed by atoms with Crippen molar-refractivity contribution in [2.24, 2.45) is 0 Å². The van der Waals surface area contributed by atoms with Gasteiger partial charge in [0.25, 0.3) is 10.0 Å². The van der Waals surface area contributed by atoms with Crippen molar-refractivity contribution in [1.82, 2.24) is 5.16 Å². The van der Waals surface area contributed by atoms with E-state index in [-0.39, 0.29) is 16.6 Å². The van der Waals surface area contributed by atoms with E-state index < -0.39 is 10.0 Å². The number of benzene rings is 1. The van der Waals surface area contributed by atoms with E-state index in [0.717, 1.165) is 5.56 Å². The molecule has 0 unspecified atom stereocenters. The predicted molar refractivity (Wildman–Crippen MR) is 79.1 cm³/mol. The highest BCUT2D eigenvalue weighted by Crippen LogP contribution is 2.29. The fourth-order valence-electron chi connectivity index (χ4n) is 1.94. The molecule has 6 nitrogen and oxygen atoms in total. The molecule has 0 spiro atoms. The van der Waals surface area contributed by atoms with Crippen LogP contribution in [-0.2, 0) is 10.0 Å². The van der Waals surface area contributed by atoms with E-state index in [9.17, 15) is 8.42 Å². The van der Waals surface area contributed by atoms with Crippen molar-refractivity contribution in [2.75, 3.05) is 11.8 Å². The second kappa shape index (κ2) is 5.77. The number of sulfonamides is 1. The molecule has 21 heavy (non-hydrogen) atoms. The summed E-state index contributed by atoms with van der Waals surface area (Å²) >= 11 is 0. The minimum absolute atomic E-state index is 0.143. The minimum Gasteiger partial charge on any atom is -0.496 e. The largest absolute Gasteiger partial charge is 0.496 e. The highest BCUT2D eigenvalue weighted by atomic mass is 32.2. The number of nitrogens with zero attached hydrogens (tertiary/aromatic N) is 1. The van der Waals surface area contributed by atoms with Gasteiger partial charge in [-0.15, -0.1) is 0 Å². The standard InChI is InChI=1S/C14H18N2O4S/c1-9(2)12-8-11(5-6-13(12)19-4)21(17,18)16-14-7-10(3)20-15-14/h5-9H,1-4H3,(H,15,16). The Kier molecular flexibility index (Phi) is 4.22. The molecular formula is C14H18N2O4S. The van der Waals surface area contributed by atoms with Gasteiger partial charge in [-0.05, 0) is 36.6 Å². The molecule has 1 aromatic heterocycles. The van der Waals surface area contributed by atoms with E-state index in [1.54, 1.807) is 26.2 Å². The molecule has 0 saturated carbocycles. The third-order valence-corrected chi connectivity index (χ3v) is 4.35. The number of aromatic nitrogens is 1. The molecule has 0 amide bonds. The highest BCUT2D eigenvalue weighted by Gasteiger charge is 2.19. The Labute approximate surface area is 124 Å². The molecule has 0 atom stereocenters. The van der Waals surface area contributed by atoms with Gasteiger partial charge in [0.05, 0.1) is 12.0 Å². The van der Waals surface area contributed by atoms with Crippen LogP contribution in [0.4, 0.5) is 5.82 Å². The highest BCUT2D eigenvalue weighted by molar-refractivity contribution is 7.92. The van der Waals surface area contributed by atoms with E-state index in [1.165, 1.54) is 12.1 Å². The van der Waals surface area contributed by atoms with E-state index in [1.807, 2.05) is 13.8 Å². The summed E-state index contributed by atoms with van der Waals surface area (Å²) in [7, 11) is -2.15. The van der Waals surface area contributed by atoms with Gasteiger partial charge in [0.15, 0.2) is 5.82 Å². The van der Waals surface area contributed by atoms with Crippen LogP contribution >= 0.6 is 0 Å². The van der Waals surface area contributed by atoms with Gasteiger partial charge in [-0.25, -0.2) is 8.42 Å². The number of rotatable bonds is 5. The number of hydrogen-bond acceptors (Lipinski definition) is 5. The molecule has 0 aliphatic carbocycles. The van der Waals surface area contributed by atoms with E-state index >= 15 is 0 Å². The summed E-state index contributed by atoms with van der Waals surface area (Å²) in [6, 6.07) is 6.28. The maximum absolute atomic E-state index is 12.4. The van der Waals surface area contributed by atoms with Gasteiger partial charge in [-0.3, -0.25) is 4.72 Å². The Morgan fingerprint density at radius 3 is 2.52 bits per heavy atom. The molecule has 7 heteroatoms. The lowest BCUT2D eigenvalue weighted by molar-refractivity contribution is 0.400. The molecular weight excluding hydrogens is 292 g/mol. The fraction of sp³-hybridized carbons (Fsp3) is 0.357. The Morgan fingerprint density at radius 2 is 2.00 bits per heavy atom. The van der Waals surface area contributed by atoms with Crippen molar-refractivity contribution >= 4 is 15.8 Å². The van der Waals surface area contributed by atoms with Gasteiger partial charge in [0.2, 0.25) is 0 Å². The van der Waals surface area contributed by atoms with Gasteiger partial charge >= 0.3 is 0 Å². The first-order valence-electron chi connectivity index (χ1n) is 6.47. The lowest BCUT2D eigenvalue weighted by atomic mass is 10.0. The van der Waals surface area contributed by atoms with Crippen molar-refractivity contribution in [2.45, 2.75) is 31.6 Å².